The SMILES string of the molecule is Cc1cc(C)c2nc(NCCCN)sc2c1. The molecule has 0 fully saturated rings. The molecule has 0 saturated heterocycles. The summed E-state index contributed by atoms with van der Waals surface area (Å²) in [6.45, 7) is 5.84. The number of nitrogens with two attached hydrogens (primary N) is 1. The summed E-state index contributed by atoms with van der Waals surface area (Å²) in [4.78, 5) is 4.59. The predicted molar refractivity (Wildman–Crippen MR) is 71.3 cm³/mol. The zero-order valence-electron chi connectivity index (χ0n) is 9.71. The molecular formula is C12H17N3S. The van der Waals surface area contributed by atoms with Crippen molar-refractivity contribution in [3.8, 4) is 0 Å². The van der Waals surface area contributed by atoms with Crippen LogP contribution in [0.2, 0.25) is 0 Å². The van der Waals surface area contributed by atoms with Gasteiger partial charge in [-0.05, 0) is 44.0 Å². The highest BCUT2D eigenvalue weighted by atomic mass is 32.1. The highest BCUT2D eigenvalue weighted by Crippen LogP contribution is 2.29. The molecule has 4 heteroatoms. The summed E-state index contributed by atoms with van der Waals surface area (Å²) >= 11 is 1.71. The van der Waals surface area contributed by atoms with Crippen LogP contribution in [0.3, 0.4) is 0 Å². The maximum Gasteiger partial charge on any atom is 0.183 e. The molecule has 0 unspecified atom stereocenters. The molecule has 3 N–H and O–H groups in total. The number of hydrogen-bond acceptors (Lipinski definition) is 4. The number of aromatic nitrogens is 1. The van der Waals surface area contributed by atoms with E-state index < -0.39 is 0 Å². The fraction of sp³-hybridized carbons (Fsp3) is 0.417. The van der Waals surface area contributed by atoms with E-state index in [1.54, 1.807) is 11.3 Å². The van der Waals surface area contributed by atoms with Gasteiger partial charge in [0.2, 0.25) is 0 Å². The van der Waals surface area contributed by atoms with Gasteiger partial charge in [-0.15, -0.1) is 0 Å². The van der Waals surface area contributed by atoms with Gasteiger partial charge in [-0.1, -0.05) is 17.4 Å². The van der Waals surface area contributed by atoms with Crippen molar-refractivity contribution in [3.63, 3.8) is 0 Å². The number of anilines is 1. The van der Waals surface area contributed by atoms with Gasteiger partial charge in [-0.2, -0.15) is 0 Å². The third-order valence-corrected chi connectivity index (χ3v) is 3.45. The van der Waals surface area contributed by atoms with Crippen LogP contribution in [0.5, 0.6) is 0 Å². The highest BCUT2D eigenvalue weighted by molar-refractivity contribution is 7.22. The molecule has 3 nitrogen and oxygen atoms in total. The van der Waals surface area contributed by atoms with E-state index in [1.165, 1.54) is 15.8 Å². The van der Waals surface area contributed by atoms with Crippen LogP contribution in [-0.4, -0.2) is 18.1 Å². The van der Waals surface area contributed by atoms with Crippen molar-refractivity contribution < 1.29 is 0 Å². The molecular weight excluding hydrogens is 218 g/mol. The second-order valence-corrected chi connectivity index (χ2v) is 5.05. The van der Waals surface area contributed by atoms with Gasteiger partial charge in [0.25, 0.3) is 0 Å². The number of benzene rings is 1. The molecule has 0 aliphatic carbocycles. The Labute approximate surface area is 99.7 Å². The molecule has 0 spiro atoms. The smallest absolute Gasteiger partial charge is 0.183 e. The number of hydrogen-bond donors (Lipinski definition) is 2. The van der Waals surface area contributed by atoms with Crippen LogP contribution >= 0.6 is 11.3 Å². The van der Waals surface area contributed by atoms with E-state index >= 15 is 0 Å². The summed E-state index contributed by atoms with van der Waals surface area (Å²) in [6.07, 6.45) is 0.980. The number of nitrogens with zero attached hydrogens (tertiary/aromatic N) is 1. The van der Waals surface area contributed by atoms with Gasteiger partial charge in [0.15, 0.2) is 5.13 Å². The lowest BCUT2D eigenvalue weighted by Gasteiger charge is -1.98. The Morgan fingerprint density at radius 3 is 2.94 bits per heavy atom. The highest BCUT2D eigenvalue weighted by Gasteiger charge is 2.06. The Kier molecular flexibility index (Phi) is 3.41. The van der Waals surface area contributed by atoms with E-state index in [2.05, 4.69) is 36.3 Å². The van der Waals surface area contributed by atoms with Crippen LogP contribution in [-0.2, 0) is 0 Å². The zero-order valence-corrected chi connectivity index (χ0v) is 10.5. The van der Waals surface area contributed by atoms with Crippen molar-refractivity contribution in [1.29, 1.82) is 0 Å². The molecule has 0 saturated carbocycles. The first-order chi connectivity index (χ1) is 7.70. The Morgan fingerprint density at radius 1 is 1.38 bits per heavy atom. The molecule has 16 heavy (non-hydrogen) atoms. The Balaban J connectivity index is 2.26. The quantitative estimate of drug-likeness (QED) is 0.801. The van der Waals surface area contributed by atoms with E-state index in [0.29, 0.717) is 0 Å². The second-order valence-electron chi connectivity index (χ2n) is 4.02. The van der Waals surface area contributed by atoms with Crippen LogP contribution in [0.25, 0.3) is 10.2 Å². The molecule has 86 valence electrons. The second kappa shape index (κ2) is 4.80. The molecule has 0 bridgehead atoms. The van der Waals surface area contributed by atoms with Crippen LogP contribution < -0.4 is 11.1 Å². The summed E-state index contributed by atoms with van der Waals surface area (Å²) in [6, 6.07) is 4.36. The summed E-state index contributed by atoms with van der Waals surface area (Å²) < 4.78 is 1.26. The van der Waals surface area contributed by atoms with Gasteiger partial charge in [-0.25, -0.2) is 4.98 Å². The number of thiazole rings is 1. The molecule has 0 radical (unpaired) electrons. The van der Waals surface area contributed by atoms with Crippen molar-refractivity contribution in [1.82, 2.24) is 4.98 Å². The summed E-state index contributed by atoms with van der Waals surface area (Å²) in [7, 11) is 0. The number of rotatable bonds is 4. The molecule has 0 atom stereocenters. The normalized spacial score (nSPS) is 10.9. The standard InChI is InChI=1S/C12H17N3S/c1-8-6-9(2)11-10(7-8)16-12(15-11)14-5-3-4-13/h6-7H,3-5,13H2,1-2H3,(H,14,15). The van der Waals surface area contributed by atoms with Crippen LogP contribution in [0.15, 0.2) is 12.1 Å². The Morgan fingerprint density at radius 2 is 2.19 bits per heavy atom. The van der Waals surface area contributed by atoms with E-state index in [4.69, 9.17) is 5.73 Å². The van der Waals surface area contributed by atoms with Crippen LogP contribution in [0.4, 0.5) is 5.13 Å². The summed E-state index contributed by atoms with van der Waals surface area (Å²) in [5.74, 6) is 0. The third-order valence-electron chi connectivity index (χ3n) is 2.49. The number of aryl methyl sites for hydroxylation is 2. The number of fused-ring (bicyclic) bond motifs is 1. The van der Waals surface area contributed by atoms with Gasteiger partial charge in [0.1, 0.15) is 0 Å². The van der Waals surface area contributed by atoms with E-state index in [0.717, 1.165) is 30.2 Å². The van der Waals surface area contributed by atoms with E-state index in [9.17, 15) is 0 Å². The maximum atomic E-state index is 5.45. The fourth-order valence-corrected chi connectivity index (χ4v) is 2.81. The van der Waals surface area contributed by atoms with Gasteiger partial charge in [0, 0.05) is 6.54 Å². The zero-order chi connectivity index (χ0) is 11.5. The summed E-state index contributed by atoms with van der Waals surface area (Å²) in [5, 5.41) is 4.31. The summed E-state index contributed by atoms with van der Waals surface area (Å²) in [5.41, 5.74) is 9.11. The monoisotopic (exact) mass is 235 g/mol. The lowest BCUT2D eigenvalue weighted by atomic mass is 10.1. The van der Waals surface area contributed by atoms with Crippen molar-refractivity contribution in [2.24, 2.45) is 5.73 Å². The third kappa shape index (κ3) is 2.33. The van der Waals surface area contributed by atoms with Crippen molar-refractivity contribution in [3.05, 3.63) is 23.3 Å². The molecule has 0 aliphatic heterocycles. The van der Waals surface area contributed by atoms with Gasteiger partial charge >= 0.3 is 0 Å². The molecule has 2 aromatic rings. The lowest BCUT2D eigenvalue weighted by molar-refractivity contribution is 0.873. The molecule has 0 amide bonds. The van der Waals surface area contributed by atoms with Crippen molar-refractivity contribution in [2.45, 2.75) is 20.3 Å². The largest absolute Gasteiger partial charge is 0.361 e. The molecule has 1 aromatic heterocycles. The minimum absolute atomic E-state index is 0.718. The first kappa shape index (κ1) is 11.4. The minimum Gasteiger partial charge on any atom is -0.361 e. The van der Waals surface area contributed by atoms with Gasteiger partial charge in [0.05, 0.1) is 10.2 Å². The fourth-order valence-electron chi connectivity index (χ4n) is 1.74. The molecule has 2 rings (SSSR count). The van der Waals surface area contributed by atoms with Gasteiger partial charge in [-0.3, -0.25) is 0 Å². The molecule has 1 aromatic carbocycles. The lowest BCUT2D eigenvalue weighted by Crippen LogP contribution is -2.07. The van der Waals surface area contributed by atoms with Crippen LogP contribution in [0, 0.1) is 13.8 Å². The minimum atomic E-state index is 0.718. The average molecular weight is 235 g/mol. The molecule has 1 heterocycles. The first-order valence-corrected chi connectivity index (χ1v) is 6.34. The van der Waals surface area contributed by atoms with Crippen molar-refractivity contribution in [2.75, 3.05) is 18.4 Å². The Bertz CT molecular complexity index is 490. The maximum absolute atomic E-state index is 5.45. The Hall–Kier alpha value is -1.13. The van der Waals surface area contributed by atoms with Gasteiger partial charge < -0.3 is 11.1 Å². The first-order valence-electron chi connectivity index (χ1n) is 5.52. The topological polar surface area (TPSA) is 50.9 Å². The van der Waals surface area contributed by atoms with Crippen LogP contribution in [0.1, 0.15) is 17.5 Å². The average Bonchev–Trinajstić information content (AvgIpc) is 2.61. The van der Waals surface area contributed by atoms with Crippen molar-refractivity contribution >= 4 is 26.7 Å². The molecule has 0 aliphatic rings. The predicted octanol–water partition coefficient (Wildman–Crippen LogP) is 2.67. The number of nitrogens with one attached hydrogen (secondary N) is 1. The van der Waals surface area contributed by atoms with E-state index in [-0.39, 0.29) is 0 Å². The van der Waals surface area contributed by atoms with E-state index in [1.807, 2.05) is 0 Å².